The number of aliphatic hydroxyl groups is 1. The summed E-state index contributed by atoms with van der Waals surface area (Å²) < 4.78 is 50.8. The molecule has 0 amide bonds. The number of imidazole rings is 1. The number of allylic oxidation sites excluding steroid dienone is 1. The third-order valence-electron chi connectivity index (χ3n) is 5.32. The summed E-state index contributed by atoms with van der Waals surface area (Å²) in [5.41, 5.74) is 1.26. The molecule has 30 heavy (non-hydrogen) atoms. The Bertz CT molecular complexity index is 937. The highest BCUT2D eigenvalue weighted by Crippen LogP contribution is 2.37. The van der Waals surface area contributed by atoms with E-state index < -0.39 is 12.0 Å². The average Bonchev–Trinajstić information content (AvgIpc) is 3.40. The number of nitrogens with zero attached hydrogens (tertiary/aromatic N) is 2. The van der Waals surface area contributed by atoms with E-state index in [0.29, 0.717) is 29.7 Å². The molecule has 6 nitrogen and oxygen atoms in total. The first-order valence-electron chi connectivity index (χ1n) is 9.47. The molecule has 1 aromatic heterocycles. The topological polar surface area (TPSA) is 73.6 Å². The summed E-state index contributed by atoms with van der Waals surface area (Å²) in [6.45, 7) is -0.324. The summed E-state index contributed by atoms with van der Waals surface area (Å²) >= 11 is 0. The first-order valence-corrected chi connectivity index (χ1v) is 9.47. The molecule has 2 aromatic rings. The summed E-state index contributed by atoms with van der Waals surface area (Å²) in [5.74, 6) is -1.01. The predicted octanol–water partition coefficient (Wildman–Crippen LogP) is 3.86. The van der Waals surface area contributed by atoms with Gasteiger partial charge in [0.1, 0.15) is 5.75 Å². The minimum absolute atomic E-state index is 0.0450. The molecule has 1 aliphatic rings. The van der Waals surface area contributed by atoms with E-state index in [1.54, 1.807) is 6.07 Å². The van der Waals surface area contributed by atoms with Crippen LogP contribution in [0.25, 0.3) is 11.3 Å². The number of ether oxygens (including phenoxy) is 2. The summed E-state index contributed by atoms with van der Waals surface area (Å²) in [6, 6.07) is 4.59. The van der Waals surface area contributed by atoms with Gasteiger partial charge in [-0.1, -0.05) is 6.08 Å². The molecule has 9 heteroatoms. The lowest BCUT2D eigenvalue weighted by Crippen LogP contribution is -2.14. The number of aromatic nitrogens is 2. The van der Waals surface area contributed by atoms with Crippen LogP contribution < -0.4 is 4.74 Å². The van der Waals surface area contributed by atoms with E-state index in [4.69, 9.17) is 9.47 Å². The van der Waals surface area contributed by atoms with E-state index in [-0.39, 0.29) is 30.1 Å². The summed E-state index contributed by atoms with van der Waals surface area (Å²) in [5, 5.41) is 9.97. The summed E-state index contributed by atoms with van der Waals surface area (Å²) in [6.07, 6.45) is 1.61. The monoisotopic (exact) mass is 424 g/mol. The molecule has 0 spiro atoms. The molecule has 0 bridgehead atoms. The van der Waals surface area contributed by atoms with Crippen molar-refractivity contribution in [1.29, 1.82) is 0 Å². The Balaban J connectivity index is 1.97. The van der Waals surface area contributed by atoms with Gasteiger partial charge in [-0.2, -0.15) is 13.2 Å². The van der Waals surface area contributed by atoms with Gasteiger partial charge in [-0.3, -0.25) is 9.36 Å². The van der Waals surface area contributed by atoms with Gasteiger partial charge in [-0.15, -0.1) is 0 Å². The molecular formula is C21H23F3N2O4. The second-order valence-electron chi connectivity index (χ2n) is 7.15. The molecule has 1 heterocycles. The van der Waals surface area contributed by atoms with Crippen molar-refractivity contribution in [3.63, 3.8) is 0 Å². The zero-order valence-corrected chi connectivity index (χ0v) is 16.6. The molecule has 0 unspecified atom stereocenters. The number of halogens is 3. The number of esters is 1. The summed E-state index contributed by atoms with van der Waals surface area (Å²) in [7, 11) is 2.81. The molecule has 1 saturated carbocycles. The van der Waals surface area contributed by atoms with Crippen LogP contribution in [0.5, 0.6) is 5.75 Å². The number of alkyl halides is 3. The molecule has 0 saturated heterocycles. The van der Waals surface area contributed by atoms with Crippen molar-refractivity contribution in [2.75, 3.05) is 20.8 Å². The van der Waals surface area contributed by atoms with E-state index in [9.17, 15) is 23.1 Å². The summed E-state index contributed by atoms with van der Waals surface area (Å²) in [4.78, 5) is 15.2. The van der Waals surface area contributed by atoms with Gasteiger partial charge < -0.3 is 14.6 Å². The zero-order chi connectivity index (χ0) is 21.9. The number of carbonyl (C=O) groups is 1. The first-order chi connectivity index (χ1) is 14.3. The number of rotatable bonds is 6. The highest BCUT2D eigenvalue weighted by atomic mass is 19.4. The van der Waals surface area contributed by atoms with Crippen LogP contribution in [0.2, 0.25) is 0 Å². The molecule has 0 aliphatic heterocycles. The van der Waals surface area contributed by atoms with E-state index in [1.165, 1.54) is 32.5 Å². The van der Waals surface area contributed by atoms with Gasteiger partial charge >= 0.3 is 12.1 Å². The third kappa shape index (κ3) is 4.51. The second kappa shape index (κ2) is 8.91. The minimum Gasteiger partial charge on any atom is -0.496 e. The molecule has 162 valence electrons. The number of aliphatic hydroxyl groups excluding tert-OH is 1. The van der Waals surface area contributed by atoms with Crippen LogP contribution in [-0.4, -0.2) is 41.5 Å². The van der Waals surface area contributed by atoms with Crippen molar-refractivity contribution in [3.8, 4) is 11.4 Å². The van der Waals surface area contributed by atoms with Gasteiger partial charge in [0.25, 0.3) is 0 Å². The quantitative estimate of drug-likeness (QED) is 0.713. The van der Waals surface area contributed by atoms with Crippen LogP contribution in [0.4, 0.5) is 13.2 Å². The van der Waals surface area contributed by atoms with Crippen LogP contribution >= 0.6 is 0 Å². The Hall–Kier alpha value is -2.81. The van der Waals surface area contributed by atoms with Crippen molar-refractivity contribution in [2.24, 2.45) is 11.8 Å². The van der Waals surface area contributed by atoms with Gasteiger partial charge in [0.15, 0.2) is 0 Å². The first kappa shape index (κ1) is 21.9. The Morgan fingerprint density at radius 2 is 2.10 bits per heavy atom. The van der Waals surface area contributed by atoms with Crippen molar-refractivity contribution in [3.05, 3.63) is 48.1 Å². The van der Waals surface area contributed by atoms with E-state index in [2.05, 4.69) is 4.98 Å². The third-order valence-corrected chi connectivity index (χ3v) is 5.32. The molecular weight excluding hydrogens is 401 g/mol. The zero-order valence-electron chi connectivity index (χ0n) is 16.6. The fourth-order valence-corrected chi connectivity index (χ4v) is 3.88. The maximum absolute atomic E-state index is 13.2. The SMILES string of the molecule is COC(=O)[C@H]1CC[C@@H](/C=C(\CO)c2cc(-n3ccnc3C(F)(F)F)ccc2OC)C1. The normalized spacial score (nSPS) is 19.7. The van der Waals surface area contributed by atoms with E-state index in [1.807, 2.05) is 6.08 Å². The highest BCUT2D eigenvalue weighted by Gasteiger charge is 2.36. The molecule has 1 aromatic carbocycles. The second-order valence-corrected chi connectivity index (χ2v) is 7.15. The average molecular weight is 424 g/mol. The maximum Gasteiger partial charge on any atom is 0.450 e. The maximum atomic E-state index is 13.2. The lowest BCUT2D eigenvalue weighted by molar-refractivity contribution is -0.146. The van der Waals surface area contributed by atoms with Crippen molar-refractivity contribution < 1.29 is 32.5 Å². The molecule has 0 radical (unpaired) electrons. The smallest absolute Gasteiger partial charge is 0.450 e. The van der Waals surface area contributed by atoms with Gasteiger partial charge in [0, 0.05) is 23.6 Å². The fourth-order valence-electron chi connectivity index (χ4n) is 3.88. The van der Waals surface area contributed by atoms with Crippen LogP contribution in [0.1, 0.15) is 30.7 Å². The highest BCUT2D eigenvalue weighted by molar-refractivity contribution is 5.74. The standard InChI is InChI=1S/C21H23F3N2O4/c1-29-18-6-5-16(26-8-7-25-20(26)21(22,23)24)11-17(18)15(12-27)10-13-3-4-14(9-13)19(28)30-2/h5-8,10-11,13-14,27H,3-4,9,12H2,1-2H3/b15-10+/t13-,14+/m1/s1. The molecule has 3 rings (SSSR count). The molecule has 1 N–H and O–H groups in total. The van der Waals surface area contributed by atoms with Crippen LogP contribution in [0.15, 0.2) is 36.7 Å². The van der Waals surface area contributed by atoms with Gasteiger partial charge in [-0.25, -0.2) is 4.98 Å². The van der Waals surface area contributed by atoms with Gasteiger partial charge in [0.2, 0.25) is 5.82 Å². The Morgan fingerprint density at radius 1 is 1.33 bits per heavy atom. The largest absolute Gasteiger partial charge is 0.496 e. The number of hydrogen-bond donors (Lipinski definition) is 1. The van der Waals surface area contributed by atoms with Crippen LogP contribution in [0.3, 0.4) is 0 Å². The number of benzene rings is 1. The van der Waals surface area contributed by atoms with Crippen molar-refractivity contribution >= 4 is 11.5 Å². The number of carbonyl (C=O) groups excluding carboxylic acids is 1. The Kier molecular flexibility index (Phi) is 6.50. The number of hydrogen-bond acceptors (Lipinski definition) is 5. The van der Waals surface area contributed by atoms with Crippen molar-refractivity contribution in [1.82, 2.24) is 9.55 Å². The molecule has 1 aliphatic carbocycles. The van der Waals surface area contributed by atoms with Crippen LogP contribution in [-0.2, 0) is 15.7 Å². The minimum atomic E-state index is -4.61. The molecule has 2 atom stereocenters. The predicted molar refractivity (Wildman–Crippen MR) is 103 cm³/mol. The van der Waals surface area contributed by atoms with Gasteiger partial charge in [0.05, 0.1) is 26.7 Å². The van der Waals surface area contributed by atoms with E-state index in [0.717, 1.165) is 17.2 Å². The van der Waals surface area contributed by atoms with Crippen molar-refractivity contribution in [2.45, 2.75) is 25.4 Å². The lowest BCUT2D eigenvalue weighted by Gasteiger charge is -2.16. The van der Waals surface area contributed by atoms with Crippen LogP contribution in [0, 0.1) is 11.8 Å². The van der Waals surface area contributed by atoms with Gasteiger partial charge in [-0.05, 0) is 49.0 Å². The fraction of sp³-hybridized carbons (Fsp3) is 0.429. The Morgan fingerprint density at radius 3 is 2.73 bits per heavy atom. The number of methoxy groups -OCH3 is 2. The molecule has 1 fully saturated rings. The lowest BCUT2D eigenvalue weighted by atomic mass is 9.97. The van der Waals surface area contributed by atoms with E-state index >= 15 is 0 Å². The Labute approximate surface area is 171 Å².